The molecule has 1 unspecified atom stereocenters. The number of piperidine rings is 1. The van der Waals surface area contributed by atoms with E-state index < -0.39 is 0 Å². The van der Waals surface area contributed by atoms with E-state index in [1.54, 1.807) is 0 Å². The first kappa shape index (κ1) is 22.0. The average molecular weight is 354 g/mol. The second kappa shape index (κ2) is 11.5. The van der Waals surface area contributed by atoms with Gasteiger partial charge in [0.25, 0.3) is 0 Å². The summed E-state index contributed by atoms with van der Waals surface area (Å²) >= 11 is 0. The minimum Gasteiger partial charge on any atom is -0.353 e. The fourth-order valence-corrected chi connectivity index (χ4v) is 3.37. The number of likely N-dealkylation sites (tertiary alicyclic amines) is 1. The van der Waals surface area contributed by atoms with Crippen molar-refractivity contribution in [2.75, 3.05) is 32.7 Å². The summed E-state index contributed by atoms with van der Waals surface area (Å²) in [5, 5.41) is 6.59. The highest BCUT2D eigenvalue weighted by Gasteiger charge is 2.21. The number of amides is 1. The molecule has 1 atom stereocenters. The van der Waals surface area contributed by atoms with Crippen LogP contribution in [-0.2, 0) is 4.79 Å². The molecule has 0 aromatic rings. The summed E-state index contributed by atoms with van der Waals surface area (Å²) in [5.41, 5.74) is 0. The molecule has 0 radical (unpaired) electrons. The van der Waals surface area contributed by atoms with Crippen molar-refractivity contribution < 1.29 is 4.79 Å². The Kier molecular flexibility index (Phi) is 11.5. The van der Waals surface area contributed by atoms with Crippen LogP contribution in [-0.4, -0.2) is 49.6 Å². The van der Waals surface area contributed by atoms with Crippen molar-refractivity contribution in [2.45, 2.75) is 52.0 Å². The molecule has 0 saturated carbocycles. The summed E-state index contributed by atoms with van der Waals surface area (Å²) in [6.45, 7) is 10.2. The van der Waals surface area contributed by atoms with Crippen molar-refractivity contribution in [3.63, 3.8) is 0 Å². The second-order valence-electron chi connectivity index (χ2n) is 6.93. The maximum atomic E-state index is 12.0. The van der Waals surface area contributed by atoms with E-state index in [-0.39, 0.29) is 30.7 Å². The van der Waals surface area contributed by atoms with Gasteiger partial charge in [0.2, 0.25) is 5.91 Å². The zero-order valence-electron chi connectivity index (χ0n) is 14.0. The van der Waals surface area contributed by atoms with Crippen molar-refractivity contribution in [3.05, 3.63) is 0 Å². The molecule has 2 aliphatic heterocycles. The number of halogens is 2. The second-order valence-corrected chi connectivity index (χ2v) is 6.93. The van der Waals surface area contributed by atoms with Crippen LogP contribution in [0, 0.1) is 11.8 Å². The Morgan fingerprint density at radius 2 is 1.91 bits per heavy atom. The topological polar surface area (TPSA) is 44.4 Å². The lowest BCUT2D eigenvalue weighted by Crippen LogP contribution is -2.45. The number of rotatable bonds is 6. The van der Waals surface area contributed by atoms with Gasteiger partial charge < -0.3 is 15.5 Å². The molecular weight excluding hydrogens is 321 g/mol. The molecule has 4 nitrogen and oxygen atoms in total. The number of hydrogen-bond acceptors (Lipinski definition) is 3. The highest BCUT2D eigenvalue weighted by molar-refractivity contribution is 5.85. The zero-order chi connectivity index (χ0) is 14.4. The van der Waals surface area contributed by atoms with E-state index in [1.807, 2.05) is 0 Å². The van der Waals surface area contributed by atoms with E-state index in [0.717, 1.165) is 51.4 Å². The third-order valence-electron chi connectivity index (χ3n) is 4.52. The normalized spacial score (nSPS) is 23.0. The molecule has 2 aliphatic rings. The van der Waals surface area contributed by atoms with Gasteiger partial charge in [-0.2, -0.15) is 0 Å². The highest BCUT2D eigenvalue weighted by atomic mass is 35.5. The maximum absolute atomic E-state index is 12.0. The van der Waals surface area contributed by atoms with Gasteiger partial charge in [0.15, 0.2) is 0 Å². The first-order valence-electron chi connectivity index (χ1n) is 8.36. The maximum Gasteiger partial charge on any atom is 0.220 e. The van der Waals surface area contributed by atoms with Gasteiger partial charge >= 0.3 is 0 Å². The van der Waals surface area contributed by atoms with Crippen LogP contribution >= 0.6 is 24.8 Å². The summed E-state index contributed by atoms with van der Waals surface area (Å²) in [4.78, 5) is 14.5. The first-order chi connectivity index (χ1) is 9.63. The van der Waals surface area contributed by atoms with Crippen LogP contribution in [0.5, 0.6) is 0 Å². The largest absolute Gasteiger partial charge is 0.353 e. The van der Waals surface area contributed by atoms with Gasteiger partial charge in [-0.25, -0.2) is 0 Å². The van der Waals surface area contributed by atoms with E-state index in [9.17, 15) is 4.79 Å². The van der Waals surface area contributed by atoms with Crippen LogP contribution in [0.2, 0.25) is 0 Å². The fraction of sp³-hybridized carbons (Fsp3) is 0.938. The molecule has 2 rings (SSSR count). The summed E-state index contributed by atoms with van der Waals surface area (Å²) in [6.07, 6.45) is 5.22. The van der Waals surface area contributed by atoms with Crippen molar-refractivity contribution in [3.8, 4) is 0 Å². The highest BCUT2D eigenvalue weighted by Crippen LogP contribution is 2.15. The number of nitrogens with zero attached hydrogens (tertiary/aromatic N) is 1. The van der Waals surface area contributed by atoms with Crippen molar-refractivity contribution in [2.24, 2.45) is 11.8 Å². The summed E-state index contributed by atoms with van der Waals surface area (Å²) in [6, 6.07) is 0.410. The van der Waals surface area contributed by atoms with Gasteiger partial charge in [-0.3, -0.25) is 4.79 Å². The molecule has 0 aromatic heterocycles. The smallest absolute Gasteiger partial charge is 0.220 e. The monoisotopic (exact) mass is 353 g/mol. The third-order valence-corrected chi connectivity index (χ3v) is 4.52. The summed E-state index contributed by atoms with van der Waals surface area (Å²) < 4.78 is 0. The number of nitrogens with one attached hydrogen (secondary N) is 2. The SMILES string of the molecule is CC(C)CN1CCC(NC(=O)CCC2CCNC2)CC1.Cl.Cl. The van der Waals surface area contributed by atoms with Gasteiger partial charge in [-0.15, -0.1) is 24.8 Å². The van der Waals surface area contributed by atoms with Crippen LogP contribution in [0.4, 0.5) is 0 Å². The van der Waals surface area contributed by atoms with Gasteiger partial charge in [0, 0.05) is 32.1 Å². The van der Waals surface area contributed by atoms with Crippen LogP contribution in [0.3, 0.4) is 0 Å². The predicted octanol–water partition coefficient (Wildman–Crippen LogP) is 2.46. The first-order valence-corrected chi connectivity index (χ1v) is 8.36. The molecule has 2 fully saturated rings. The van der Waals surface area contributed by atoms with Crippen LogP contribution in [0.25, 0.3) is 0 Å². The molecule has 0 bridgehead atoms. The Balaban J connectivity index is 0.00000220. The molecule has 2 heterocycles. The van der Waals surface area contributed by atoms with Gasteiger partial charge in [-0.1, -0.05) is 13.8 Å². The van der Waals surface area contributed by atoms with Gasteiger partial charge in [0.05, 0.1) is 0 Å². The minimum atomic E-state index is 0. The van der Waals surface area contributed by atoms with E-state index >= 15 is 0 Å². The van der Waals surface area contributed by atoms with Crippen molar-refractivity contribution >= 4 is 30.7 Å². The Morgan fingerprint density at radius 1 is 1.23 bits per heavy atom. The lowest BCUT2D eigenvalue weighted by atomic mass is 10.0. The van der Waals surface area contributed by atoms with Gasteiger partial charge in [-0.05, 0) is 50.6 Å². The Bertz CT molecular complexity index is 302. The van der Waals surface area contributed by atoms with Crippen LogP contribution < -0.4 is 10.6 Å². The van der Waals surface area contributed by atoms with Crippen LogP contribution in [0.15, 0.2) is 0 Å². The molecule has 132 valence electrons. The number of hydrogen-bond donors (Lipinski definition) is 2. The molecule has 0 spiro atoms. The van der Waals surface area contributed by atoms with E-state index in [1.165, 1.54) is 13.0 Å². The van der Waals surface area contributed by atoms with E-state index in [2.05, 4.69) is 29.4 Å². The van der Waals surface area contributed by atoms with Crippen molar-refractivity contribution in [1.29, 1.82) is 0 Å². The Morgan fingerprint density at radius 3 is 2.45 bits per heavy atom. The molecule has 6 heteroatoms. The summed E-state index contributed by atoms with van der Waals surface area (Å²) in [7, 11) is 0. The Labute approximate surface area is 148 Å². The number of carbonyl (C=O) groups excluding carboxylic acids is 1. The standard InChI is InChI=1S/C16H31N3O.2ClH/c1-13(2)12-19-9-6-15(7-10-19)18-16(20)4-3-14-5-8-17-11-14;;/h13-15,17H,3-12H2,1-2H3,(H,18,20);2*1H. The molecule has 22 heavy (non-hydrogen) atoms. The van der Waals surface area contributed by atoms with E-state index in [4.69, 9.17) is 0 Å². The third kappa shape index (κ3) is 8.00. The number of carbonyl (C=O) groups is 1. The molecule has 2 saturated heterocycles. The average Bonchev–Trinajstić information content (AvgIpc) is 2.91. The van der Waals surface area contributed by atoms with Gasteiger partial charge in [0.1, 0.15) is 0 Å². The zero-order valence-corrected chi connectivity index (χ0v) is 15.6. The fourth-order valence-electron chi connectivity index (χ4n) is 3.37. The molecule has 1 amide bonds. The van der Waals surface area contributed by atoms with Crippen LogP contribution in [0.1, 0.15) is 46.0 Å². The predicted molar refractivity (Wildman–Crippen MR) is 97.1 cm³/mol. The lowest BCUT2D eigenvalue weighted by molar-refractivity contribution is -0.122. The lowest BCUT2D eigenvalue weighted by Gasteiger charge is -2.33. The van der Waals surface area contributed by atoms with E-state index in [0.29, 0.717) is 18.4 Å². The minimum absolute atomic E-state index is 0. The molecule has 0 aliphatic carbocycles. The van der Waals surface area contributed by atoms with Crippen molar-refractivity contribution in [1.82, 2.24) is 15.5 Å². The summed E-state index contributed by atoms with van der Waals surface area (Å²) in [5.74, 6) is 1.72. The molecule has 0 aromatic carbocycles. The quantitative estimate of drug-likeness (QED) is 0.770. The Hall–Kier alpha value is -0.0300. The molecular formula is C16H33Cl2N3O. The molecule has 2 N–H and O–H groups in total.